The number of benzene rings is 1. The molecule has 1 amide bonds. The molecule has 0 radical (unpaired) electrons. The van der Waals surface area contributed by atoms with Crippen molar-refractivity contribution in [2.45, 2.75) is 31.3 Å². The number of fused-ring (bicyclic) bond motifs is 1. The quantitative estimate of drug-likeness (QED) is 0.532. The number of likely N-dealkylation sites (tertiary alicyclic amines) is 1. The molecule has 0 saturated carbocycles. The second-order valence-electron chi connectivity index (χ2n) is 6.40. The summed E-state index contributed by atoms with van der Waals surface area (Å²) in [6, 6.07) is 6.88. The van der Waals surface area contributed by atoms with E-state index in [1.54, 1.807) is 24.3 Å². The Balaban J connectivity index is 0.000000878. The van der Waals surface area contributed by atoms with Crippen molar-refractivity contribution in [2.75, 3.05) is 13.6 Å². The maximum Gasteiger partial charge on any atom is 0.304 e. The van der Waals surface area contributed by atoms with E-state index in [9.17, 15) is 14.4 Å². The Kier molecular flexibility index (Phi) is 7.21. The van der Waals surface area contributed by atoms with Crippen LogP contribution in [0, 0.1) is 0 Å². The van der Waals surface area contributed by atoms with Gasteiger partial charge in [-0.3, -0.25) is 24.1 Å². The molecule has 3 rings (SSSR count). The molecule has 0 bridgehead atoms. The summed E-state index contributed by atoms with van der Waals surface area (Å²) in [6.45, 7) is 0.127. The average Bonchev–Trinajstić information content (AvgIpc) is 2.99. The first-order chi connectivity index (χ1) is 13.4. The molecule has 2 aromatic rings. The van der Waals surface area contributed by atoms with Crippen LogP contribution in [-0.2, 0) is 9.59 Å². The summed E-state index contributed by atoms with van der Waals surface area (Å²) >= 11 is 0. The Morgan fingerprint density at radius 2 is 1.96 bits per heavy atom. The first-order valence-electron chi connectivity index (χ1n) is 8.66. The molecular weight excluding hydrogens is 368 g/mol. The largest absolute Gasteiger partial charge is 0.483 e. The number of aromatic amines is 1. The average molecular weight is 390 g/mol. The van der Waals surface area contributed by atoms with Crippen molar-refractivity contribution in [2.24, 2.45) is 0 Å². The number of carboxylic acid groups (broad SMARTS) is 2. The van der Waals surface area contributed by atoms with Crippen LogP contribution in [0.4, 0.5) is 0 Å². The van der Waals surface area contributed by atoms with E-state index >= 15 is 0 Å². The van der Waals surface area contributed by atoms with E-state index in [1.807, 2.05) is 11.9 Å². The zero-order valence-electron chi connectivity index (χ0n) is 15.3. The molecule has 1 aromatic heterocycles. The van der Waals surface area contributed by atoms with Crippen molar-refractivity contribution in [1.82, 2.24) is 20.2 Å². The Bertz CT molecular complexity index is 912. The SMILES string of the molecule is CN1[C@@H](CC(=O)O)CC[C@H]1CNC(=O)c1nc2ccccc2c(=O)[nH]1.O=CO. The lowest BCUT2D eigenvalue weighted by molar-refractivity contribution is -0.138. The van der Waals surface area contributed by atoms with Crippen LogP contribution in [-0.4, -0.2) is 69.1 Å². The number of carbonyl (C=O) groups is 3. The van der Waals surface area contributed by atoms with Gasteiger partial charge >= 0.3 is 5.97 Å². The molecule has 0 spiro atoms. The molecule has 1 aliphatic heterocycles. The number of H-pyrrole nitrogens is 1. The summed E-state index contributed by atoms with van der Waals surface area (Å²) < 4.78 is 0. The van der Waals surface area contributed by atoms with Gasteiger partial charge in [-0.25, -0.2) is 4.98 Å². The number of amides is 1. The summed E-state index contributed by atoms with van der Waals surface area (Å²) in [6.07, 6.45) is 1.70. The van der Waals surface area contributed by atoms with Crippen molar-refractivity contribution in [3.63, 3.8) is 0 Å². The van der Waals surface area contributed by atoms with Crippen LogP contribution in [0.3, 0.4) is 0 Å². The van der Waals surface area contributed by atoms with Crippen molar-refractivity contribution >= 4 is 29.3 Å². The molecule has 150 valence electrons. The predicted octanol–water partition coefficient (Wildman–Crippen LogP) is 0.291. The highest BCUT2D eigenvalue weighted by Crippen LogP contribution is 2.24. The zero-order chi connectivity index (χ0) is 20.7. The summed E-state index contributed by atoms with van der Waals surface area (Å²) in [5.74, 6) is -1.29. The van der Waals surface area contributed by atoms with Crippen LogP contribution in [0.2, 0.25) is 0 Å². The summed E-state index contributed by atoms with van der Waals surface area (Å²) in [7, 11) is 1.87. The molecule has 1 fully saturated rings. The molecule has 28 heavy (non-hydrogen) atoms. The van der Waals surface area contributed by atoms with Crippen LogP contribution in [0.25, 0.3) is 10.9 Å². The van der Waals surface area contributed by atoms with Crippen LogP contribution >= 0.6 is 0 Å². The van der Waals surface area contributed by atoms with E-state index in [1.165, 1.54) is 0 Å². The van der Waals surface area contributed by atoms with Crippen molar-refractivity contribution < 1.29 is 24.6 Å². The van der Waals surface area contributed by atoms with Crippen molar-refractivity contribution in [1.29, 1.82) is 0 Å². The number of likely N-dealkylation sites (N-methyl/N-ethyl adjacent to an activating group) is 1. The van der Waals surface area contributed by atoms with E-state index < -0.39 is 11.9 Å². The molecule has 10 heteroatoms. The molecular formula is C18H22N4O6. The molecule has 4 N–H and O–H groups in total. The van der Waals surface area contributed by atoms with Crippen LogP contribution in [0.15, 0.2) is 29.1 Å². The minimum absolute atomic E-state index is 0.0157. The van der Waals surface area contributed by atoms with Crippen molar-refractivity contribution in [3.05, 3.63) is 40.4 Å². The van der Waals surface area contributed by atoms with Gasteiger partial charge in [-0.1, -0.05) is 12.1 Å². The lowest BCUT2D eigenvalue weighted by Gasteiger charge is -2.24. The van der Waals surface area contributed by atoms with E-state index in [4.69, 9.17) is 15.0 Å². The van der Waals surface area contributed by atoms with Gasteiger partial charge in [0.1, 0.15) is 0 Å². The third-order valence-electron chi connectivity index (χ3n) is 4.72. The molecule has 0 aliphatic carbocycles. The molecule has 10 nitrogen and oxygen atoms in total. The minimum Gasteiger partial charge on any atom is -0.483 e. The highest BCUT2D eigenvalue weighted by atomic mass is 16.4. The molecule has 1 aromatic carbocycles. The lowest BCUT2D eigenvalue weighted by atomic mass is 10.1. The first kappa shape index (κ1) is 21.0. The van der Waals surface area contributed by atoms with Gasteiger partial charge in [0.05, 0.1) is 17.3 Å². The number of aliphatic carboxylic acids is 1. The molecule has 1 aliphatic rings. The number of para-hydroxylation sites is 1. The van der Waals surface area contributed by atoms with Crippen molar-refractivity contribution in [3.8, 4) is 0 Å². The number of rotatable bonds is 5. The summed E-state index contributed by atoms with van der Waals surface area (Å²) in [5, 5.41) is 19.0. The van der Waals surface area contributed by atoms with Crippen LogP contribution < -0.4 is 10.9 Å². The van der Waals surface area contributed by atoms with Gasteiger partial charge in [0.2, 0.25) is 0 Å². The second-order valence-corrected chi connectivity index (χ2v) is 6.40. The third-order valence-corrected chi connectivity index (χ3v) is 4.72. The van der Waals surface area contributed by atoms with E-state index in [0.29, 0.717) is 17.4 Å². The Labute approximate surface area is 160 Å². The molecule has 1 saturated heterocycles. The van der Waals surface area contributed by atoms with Gasteiger partial charge in [0.25, 0.3) is 17.9 Å². The molecule has 0 unspecified atom stereocenters. The maximum absolute atomic E-state index is 12.3. The zero-order valence-corrected chi connectivity index (χ0v) is 15.3. The highest BCUT2D eigenvalue weighted by molar-refractivity contribution is 5.92. The van der Waals surface area contributed by atoms with E-state index in [2.05, 4.69) is 15.3 Å². The maximum atomic E-state index is 12.3. The van der Waals surface area contributed by atoms with Gasteiger partial charge < -0.3 is 20.5 Å². The minimum atomic E-state index is -0.820. The smallest absolute Gasteiger partial charge is 0.304 e. The normalized spacial score (nSPS) is 18.9. The van der Waals surface area contributed by atoms with E-state index in [-0.39, 0.29) is 36.4 Å². The fourth-order valence-corrected chi connectivity index (χ4v) is 3.27. The van der Waals surface area contributed by atoms with Crippen LogP contribution in [0.1, 0.15) is 29.9 Å². The number of carboxylic acids is 1. The fourth-order valence-electron chi connectivity index (χ4n) is 3.27. The highest BCUT2D eigenvalue weighted by Gasteiger charge is 2.31. The topological polar surface area (TPSA) is 153 Å². The Morgan fingerprint density at radius 1 is 1.32 bits per heavy atom. The Morgan fingerprint density at radius 3 is 2.64 bits per heavy atom. The number of nitrogens with one attached hydrogen (secondary N) is 2. The first-order valence-corrected chi connectivity index (χ1v) is 8.66. The van der Waals surface area contributed by atoms with Gasteiger partial charge in [-0.2, -0.15) is 0 Å². The molecule has 2 atom stereocenters. The standard InChI is InChI=1S/C17H20N4O4.CH2O2/c1-21-10(8-14(22)23)6-7-11(21)9-18-17(25)15-19-13-5-3-2-4-12(13)16(24)20-15;2-1-3/h2-5,10-11H,6-9H2,1H3,(H,18,25)(H,22,23)(H,19,20,24);1H,(H,2,3)/t10-,11+;/m1./s1. The summed E-state index contributed by atoms with van der Waals surface area (Å²) in [5.41, 5.74) is 0.117. The third kappa shape index (κ3) is 5.13. The monoisotopic (exact) mass is 390 g/mol. The number of aromatic nitrogens is 2. The van der Waals surface area contributed by atoms with Gasteiger partial charge in [0, 0.05) is 18.6 Å². The van der Waals surface area contributed by atoms with Gasteiger partial charge in [-0.05, 0) is 32.0 Å². The number of hydrogen-bond acceptors (Lipinski definition) is 6. The van der Waals surface area contributed by atoms with Crippen LogP contribution in [0.5, 0.6) is 0 Å². The Hall–Kier alpha value is -3.27. The number of carbonyl (C=O) groups excluding carboxylic acids is 1. The summed E-state index contributed by atoms with van der Waals surface area (Å²) in [4.78, 5) is 52.2. The second kappa shape index (κ2) is 9.60. The predicted molar refractivity (Wildman–Crippen MR) is 100 cm³/mol. The number of nitrogens with zero attached hydrogens (tertiary/aromatic N) is 2. The van der Waals surface area contributed by atoms with Gasteiger partial charge in [-0.15, -0.1) is 0 Å². The fraction of sp³-hybridized carbons (Fsp3) is 0.389. The number of hydrogen-bond donors (Lipinski definition) is 4. The van der Waals surface area contributed by atoms with Gasteiger partial charge in [0.15, 0.2) is 5.82 Å². The molecule has 2 heterocycles. The van der Waals surface area contributed by atoms with E-state index in [0.717, 1.165) is 12.8 Å². The lowest BCUT2D eigenvalue weighted by Crippen LogP contribution is -2.42.